The van der Waals surface area contributed by atoms with Gasteiger partial charge in [0.25, 0.3) is 0 Å². The lowest BCUT2D eigenvalue weighted by Gasteiger charge is -2.03. The van der Waals surface area contributed by atoms with Crippen molar-refractivity contribution < 1.29 is 0 Å². The van der Waals surface area contributed by atoms with E-state index >= 15 is 0 Å². The number of nitrogens with zero attached hydrogens (tertiary/aromatic N) is 2. The fraction of sp³-hybridized carbons (Fsp3) is 0. The Balaban J connectivity index is 2.52. The summed E-state index contributed by atoms with van der Waals surface area (Å²) in [4.78, 5) is 3.94. The van der Waals surface area contributed by atoms with Crippen molar-refractivity contribution >= 4 is 5.69 Å². The van der Waals surface area contributed by atoms with Crippen LogP contribution in [0.25, 0.3) is 11.1 Å². The molecule has 1 aromatic carbocycles. The van der Waals surface area contributed by atoms with Crippen molar-refractivity contribution in [1.29, 1.82) is 5.26 Å². The quantitative estimate of drug-likeness (QED) is 0.709. The third-order valence-electron chi connectivity index (χ3n) is 2.19. The standard InChI is InChI=1S/C12H9N3/c13-8-11-7-10(1-2-12(11)14)9-3-5-15-6-4-9/h1-7H,14H2. The van der Waals surface area contributed by atoms with Crippen LogP contribution in [0.4, 0.5) is 5.69 Å². The Morgan fingerprint density at radius 3 is 2.47 bits per heavy atom. The highest BCUT2D eigenvalue weighted by atomic mass is 14.6. The van der Waals surface area contributed by atoms with E-state index in [9.17, 15) is 0 Å². The summed E-state index contributed by atoms with van der Waals surface area (Å²) in [6, 6.07) is 11.3. The third-order valence-corrected chi connectivity index (χ3v) is 2.19. The molecule has 0 aliphatic heterocycles. The van der Waals surface area contributed by atoms with E-state index in [0.717, 1.165) is 11.1 Å². The zero-order valence-electron chi connectivity index (χ0n) is 8.01. The van der Waals surface area contributed by atoms with Crippen molar-refractivity contribution in [1.82, 2.24) is 4.98 Å². The maximum absolute atomic E-state index is 8.85. The normalized spacial score (nSPS) is 9.53. The Hall–Kier alpha value is -2.34. The first-order valence-corrected chi connectivity index (χ1v) is 4.51. The van der Waals surface area contributed by atoms with Gasteiger partial charge in [0.1, 0.15) is 6.07 Å². The molecular weight excluding hydrogens is 186 g/mol. The maximum atomic E-state index is 8.85. The van der Waals surface area contributed by atoms with E-state index in [1.54, 1.807) is 24.5 Å². The van der Waals surface area contributed by atoms with E-state index < -0.39 is 0 Å². The fourth-order valence-corrected chi connectivity index (χ4v) is 1.38. The van der Waals surface area contributed by atoms with Gasteiger partial charge < -0.3 is 5.73 Å². The molecule has 0 aliphatic rings. The molecule has 0 saturated carbocycles. The summed E-state index contributed by atoms with van der Waals surface area (Å²) in [5.41, 5.74) is 8.66. The summed E-state index contributed by atoms with van der Waals surface area (Å²) in [5, 5.41) is 8.85. The molecule has 0 atom stereocenters. The largest absolute Gasteiger partial charge is 0.398 e. The molecule has 0 amide bonds. The SMILES string of the molecule is N#Cc1cc(-c2ccncc2)ccc1N. The zero-order valence-corrected chi connectivity index (χ0v) is 8.01. The van der Waals surface area contributed by atoms with Crippen LogP contribution in [0.2, 0.25) is 0 Å². The number of hydrogen-bond donors (Lipinski definition) is 1. The predicted molar refractivity (Wildman–Crippen MR) is 58.8 cm³/mol. The van der Waals surface area contributed by atoms with Gasteiger partial charge in [0.2, 0.25) is 0 Å². The molecule has 2 aromatic rings. The Labute approximate surface area is 87.8 Å². The first kappa shape index (κ1) is 9.22. The van der Waals surface area contributed by atoms with E-state index in [-0.39, 0.29) is 0 Å². The van der Waals surface area contributed by atoms with Gasteiger partial charge in [-0.3, -0.25) is 4.98 Å². The number of pyridine rings is 1. The topological polar surface area (TPSA) is 62.7 Å². The summed E-state index contributed by atoms with van der Waals surface area (Å²) in [7, 11) is 0. The Morgan fingerprint density at radius 1 is 1.07 bits per heavy atom. The molecule has 1 aromatic heterocycles. The van der Waals surface area contributed by atoms with Crippen molar-refractivity contribution in [2.75, 3.05) is 5.73 Å². The van der Waals surface area contributed by atoms with Crippen LogP contribution >= 0.6 is 0 Å². The summed E-state index contributed by atoms with van der Waals surface area (Å²) in [6.45, 7) is 0. The molecule has 3 nitrogen and oxygen atoms in total. The summed E-state index contributed by atoms with van der Waals surface area (Å²) < 4.78 is 0. The number of nitrogens with two attached hydrogens (primary N) is 1. The van der Waals surface area contributed by atoms with Crippen LogP contribution in [-0.2, 0) is 0 Å². The van der Waals surface area contributed by atoms with Crippen LogP contribution in [0.5, 0.6) is 0 Å². The molecule has 3 heteroatoms. The van der Waals surface area contributed by atoms with Crippen LogP contribution in [0, 0.1) is 11.3 Å². The highest BCUT2D eigenvalue weighted by Crippen LogP contribution is 2.22. The van der Waals surface area contributed by atoms with Crippen LogP contribution in [0.15, 0.2) is 42.7 Å². The van der Waals surface area contributed by atoms with Crippen molar-refractivity contribution in [3.05, 3.63) is 48.3 Å². The average molecular weight is 195 g/mol. The molecule has 1 heterocycles. The van der Waals surface area contributed by atoms with Gasteiger partial charge in [-0.1, -0.05) is 6.07 Å². The van der Waals surface area contributed by atoms with Crippen molar-refractivity contribution in [2.24, 2.45) is 0 Å². The van der Waals surface area contributed by atoms with Gasteiger partial charge >= 0.3 is 0 Å². The molecule has 0 spiro atoms. The van der Waals surface area contributed by atoms with Gasteiger partial charge in [0.15, 0.2) is 0 Å². The van der Waals surface area contributed by atoms with Crippen LogP contribution in [0.1, 0.15) is 5.56 Å². The molecular formula is C12H9N3. The van der Waals surface area contributed by atoms with Crippen LogP contribution < -0.4 is 5.73 Å². The smallest absolute Gasteiger partial charge is 0.101 e. The minimum Gasteiger partial charge on any atom is -0.398 e. The number of nitriles is 1. The maximum Gasteiger partial charge on any atom is 0.101 e. The highest BCUT2D eigenvalue weighted by Gasteiger charge is 2.01. The summed E-state index contributed by atoms with van der Waals surface area (Å²) in [6.07, 6.45) is 3.44. The molecule has 2 N–H and O–H groups in total. The van der Waals surface area contributed by atoms with Gasteiger partial charge in [0.05, 0.1) is 5.56 Å². The van der Waals surface area contributed by atoms with E-state index in [0.29, 0.717) is 11.3 Å². The highest BCUT2D eigenvalue weighted by molar-refractivity contribution is 5.69. The van der Waals surface area contributed by atoms with E-state index in [1.165, 1.54) is 0 Å². The first-order chi connectivity index (χ1) is 7.31. The number of benzene rings is 1. The molecule has 0 fully saturated rings. The lowest BCUT2D eigenvalue weighted by atomic mass is 10.0. The summed E-state index contributed by atoms with van der Waals surface area (Å²) >= 11 is 0. The molecule has 0 saturated heterocycles. The van der Waals surface area contributed by atoms with E-state index in [4.69, 9.17) is 11.0 Å². The Kier molecular flexibility index (Phi) is 2.34. The fourth-order valence-electron chi connectivity index (χ4n) is 1.38. The average Bonchev–Trinajstić information content (AvgIpc) is 2.31. The molecule has 2 rings (SSSR count). The third kappa shape index (κ3) is 1.79. The minimum absolute atomic E-state index is 0.504. The molecule has 0 radical (unpaired) electrons. The number of aromatic nitrogens is 1. The van der Waals surface area contributed by atoms with E-state index in [1.807, 2.05) is 18.2 Å². The zero-order chi connectivity index (χ0) is 10.7. The molecule has 0 bridgehead atoms. The van der Waals surface area contributed by atoms with Gasteiger partial charge in [0, 0.05) is 18.1 Å². The lowest BCUT2D eigenvalue weighted by molar-refractivity contribution is 1.33. The second-order valence-corrected chi connectivity index (χ2v) is 3.15. The number of rotatable bonds is 1. The van der Waals surface area contributed by atoms with Gasteiger partial charge in [-0.25, -0.2) is 0 Å². The minimum atomic E-state index is 0.504. The molecule has 0 unspecified atom stereocenters. The van der Waals surface area contributed by atoms with Crippen LogP contribution in [0.3, 0.4) is 0 Å². The van der Waals surface area contributed by atoms with Gasteiger partial charge in [-0.2, -0.15) is 5.26 Å². The Bertz CT molecular complexity index is 512. The lowest BCUT2D eigenvalue weighted by Crippen LogP contribution is -1.90. The predicted octanol–water partition coefficient (Wildman–Crippen LogP) is 2.20. The monoisotopic (exact) mass is 195 g/mol. The Morgan fingerprint density at radius 2 is 1.80 bits per heavy atom. The van der Waals surface area contributed by atoms with Crippen molar-refractivity contribution in [3.63, 3.8) is 0 Å². The number of anilines is 1. The first-order valence-electron chi connectivity index (χ1n) is 4.51. The second-order valence-electron chi connectivity index (χ2n) is 3.15. The molecule has 72 valence electrons. The number of hydrogen-bond acceptors (Lipinski definition) is 3. The van der Waals surface area contributed by atoms with Crippen molar-refractivity contribution in [2.45, 2.75) is 0 Å². The van der Waals surface area contributed by atoms with E-state index in [2.05, 4.69) is 11.1 Å². The van der Waals surface area contributed by atoms with Gasteiger partial charge in [-0.15, -0.1) is 0 Å². The second kappa shape index (κ2) is 3.81. The van der Waals surface area contributed by atoms with Crippen LogP contribution in [-0.4, -0.2) is 4.98 Å². The molecule has 15 heavy (non-hydrogen) atoms. The molecule has 0 aliphatic carbocycles. The van der Waals surface area contributed by atoms with Crippen molar-refractivity contribution in [3.8, 4) is 17.2 Å². The number of nitrogen functional groups attached to an aromatic ring is 1. The van der Waals surface area contributed by atoms with Gasteiger partial charge in [-0.05, 0) is 35.4 Å². The summed E-state index contributed by atoms with van der Waals surface area (Å²) in [5.74, 6) is 0.